The number of carbonyl (C=O) groups is 1. The van der Waals surface area contributed by atoms with E-state index in [-0.39, 0.29) is 17.9 Å². The molecule has 0 saturated heterocycles. The molecule has 2 aromatic rings. The van der Waals surface area contributed by atoms with Crippen LogP contribution in [0.2, 0.25) is 5.02 Å². The molecule has 0 amide bonds. The standard InChI is InChI=1S/C14H15ClN2O2/c1-7(2)17-12-10(15)4-3-5-11(12)16-13(17)8-6-9(8)14(18)19/h3-5,7-9H,6H2,1-2H3,(H,18,19). The smallest absolute Gasteiger partial charge is 0.307 e. The fourth-order valence-electron chi connectivity index (χ4n) is 2.66. The van der Waals surface area contributed by atoms with Gasteiger partial charge in [0, 0.05) is 12.0 Å². The molecule has 1 aromatic carbocycles. The molecule has 1 heterocycles. The summed E-state index contributed by atoms with van der Waals surface area (Å²) in [5.41, 5.74) is 1.75. The Hall–Kier alpha value is -1.55. The molecule has 1 aromatic heterocycles. The van der Waals surface area contributed by atoms with Crippen LogP contribution in [-0.4, -0.2) is 20.6 Å². The highest BCUT2D eigenvalue weighted by Crippen LogP contribution is 2.48. The largest absolute Gasteiger partial charge is 0.481 e. The van der Waals surface area contributed by atoms with Crippen molar-refractivity contribution in [2.75, 3.05) is 0 Å². The van der Waals surface area contributed by atoms with Gasteiger partial charge in [0.25, 0.3) is 0 Å². The van der Waals surface area contributed by atoms with Crippen LogP contribution in [0.5, 0.6) is 0 Å². The average Bonchev–Trinajstić information content (AvgIpc) is 3.03. The van der Waals surface area contributed by atoms with E-state index in [0.717, 1.165) is 16.9 Å². The monoisotopic (exact) mass is 278 g/mol. The predicted molar refractivity (Wildman–Crippen MR) is 73.6 cm³/mol. The minimum atomic E-state index is -0.738. The number of carboxylic acids is 1. The highest BCUT2D eigenvalue weighted by Gasteiger charge is 2.47. The van der Waals surface area contributed by atoms with Gasteiger partial charge in [0.05, 0.1) is 22.0 Å². The Labute approximate surface area is 116 Å². The van der Waals surface area contributed by atoms with E-state index in [0.29, 0.717) is 11.4 Å². The van der Waals surface area contributed by atoms with E-state index in [4.69, 9.17) is 16.7 Å². The normalized spacial score (nSPS) is 22.1. The number of imidazole rings is 1. The molecule has 4 nitrogen and oxygen atoms in total. The lowest BCUT2D eigenvalue weighted by Gasteiger charge is -2.13. The number of para-hydroxylation sites is 1. The van der Waals surface area contributed by atoms with Crippen molar-refractivity contribution in [1.29, 1.82) is 0 Å². The number of hydrogen-bond acceptors (Lipinski definition) is 2. The third kappa shape index (κ3) is 1.91. The van der Waals surface area contributed by atoms with E-state index in [9.17, 15) is 4.79 Å². The van der Waals surface area contributed by atoms with Crippen LogP contribution in [0.1, 0.15) is 38.1 Å². The first kappa shape index (κ1) is 12.5. The lowest BCUT2D eigenvalue weighted by molar-refractivity contribution is -0.138. The highest BCUT2D eigenvalue weighted by atomic mass is 35.5. The minimum absolute atomic E-state index is 0.0170. The summed E-state index contributed by atoms with van der Waals surface area (Å²) in [6.07, 6.45) is 0.670. The van der Waals surface area contributed by atoms with Crippen molar-refractivity contribution in [3.05, 3.63) is 29.0 Å². The molecule has 0 aliphatic heterocycles. The van der Waals surface area contributed by atoms with Gasteiger partial charge in [-0.15, -0.1) is 0 Å². The van der Waals surface area contributed by atoms with Crippen molar-refractivity contribution >= 4 is 28.6 Å². The molecule has 2 atom stereocenters. The molecule has 19 heavy (non-hydrogen) atoms. The number of hydrogen-bond donors (Lipinski definition) is 1. The molecule has 1 N–H and O–H groups in total. The second-order valence-corrected chi connectivity index (χ2v) is 5.74. The molecule has 1 aliphatic rings. The quantitative estimate of drug-likeness (QED) is 0.935. The highest BCUT2D eigenvalue weighted by molar-refractivity contribution is 6.35. The molecule has 1 aliphatic carbocycles. The van der Waals surface area contributed by atoms with Crippen molar-refractivity contribution < 1.29 is 9.90 Å². The average molecular weight is 279 g/mol. The Morgan fingerprint density at radius 2 is 2.26 bits per heavy atom. The number of benzene rings is 1. The van der Waals surface area contributed by atoms with Gasteiger partial charge >= 0.3 is 5.97 Å². The van der Waals surface area contributed by atoms with E-state index in [1.165, 1.54) is 0 Å². The first-order valence-corrected chi connectivity index (χ1v) is 6.77. The minimum Gasteiger partial charge on any atom is -0.481 e. The second-order valence-electron chi connectivity index (χ2n) is 5.33. The van der Waals surface area contributed by atoms with E-state index in [2.05, 4.69) is 23.4 Å². The van der Waals surface area contributed by atoms with Gasteiger partial charge in [-0.1, -0.05) is 17.7 Å². The summed E-state index contributed by atoms with van der Waals surface area (Å²) in [7, 11) is 0. The molecule has 0 bridgehead atoms. The van der Waals surface area contributed by atoms with Gasteiger partial charge in [-0.3, -0.25) is 4.79 Å². The molecule has 0 radical (unpaired) electrons. The van der Waals surface area contributed by atoms with Crippen LogP contribution in [0.15, 0.2) is 18.2 Å². The first-order valence-electron chi connectivity index (χ1n) is 6.40. The topological polar surface area (TPSA) is 55.1 Å². The van der Waals surface area contributed by atoms with Crippen LogP contribution in [0.4, 0.5) is 0 Å². The van der Waals surface area contributed by atoms with Gasteiger partial charge in [0.15, 0.2) is 0 Å². The number of fused-ring (bicyclic) bond motifs is 1. The van der Waals surface area contributed by atoms with Crippen LogP contribution >= 0.6 is 11.6 Å². The summed E-state index contributed by atoms with van der Waals surface area (Å²) in [6, 6.07) is 5.83. The summed E-state index contributed by atoms with van der Waals surface area (Å²) < 4.78 is 2.07. The van der Waals surface area contributed by atoms with Crippen molar-refractivity contribution in [3.63, 3.8) is 0 Å². The van der Waals surface area contributed by atoms with Gasteiger partial charge in [-0.2, -0.15) is 0 Å². The van der Waals surface area contributed by atoms with E-state index in [1.54, 1.807) is 0 Å². The lowest BCUT2D eigenvalue weighted by Crippen LogP contribution is -2.08. The zero-order valence-electron chi connectivity index (χ0n) is 10.8. The predicted octanol–water partition coefficient (Wildman–Crippen LogP) is 3.46. The molecule has 2 unspecified atom stereocenters. The van der Waals surface area contributed by atoms with Crippen molar-refractivity contribution in [1.82, 2.24) is 9.55 Å². The van der Waals surface area contributed by atoms with Gasteiger partial charge in [0.1, 0.15) is 5.82 Å². The molecular weight excluding hydrogens is 264 g/mol. The van der Waals surface area contributed by atoms with Crippen LogP contribution in [0.25, 0.3) is 11.0 Å². The third-order valence-corrected chi connectivity index (χ3v) is 3.95. The number of rotatable bonds is 3. The van der Waals surface area contributed by atoms with E-state index >= 15 is 0 Å². The zero-order chi connectivity index (χ0) is 13.7. The number of carboxylic acid groups (broad SMARTS) is 1. The Morgan fingerprint density at radius 1 is 1.53 bits per heavy atom. The Balaban J connectivity index is 2.17. The molecule has 0 spiro atoms. The molecule has 1 saturated carbocycles. The summed E-state index contributed by atoms with van der Waals surface area (Å²) in [4.78, 5) is 15.7. The van der Waals surface area contributed by atoms with Gasteiger partial charge < -0.3 is 9.67 Å². The van der Waals surface area contributed by atoms with Crippen molar-refractivity contribution in [2.45, 2.75) is 32.2 Å². The van der Waals surface area contributed by atoms with Crippen molar-refractivity contribution in [2.24, 2.45) is 5.92 Å². The van der Waals surface area contributed by atoms with Crippen LogP contribution < -0.4 is 0 Å². The van der Waals surface area contributed by atoms with E-state index in [1.807, 2.05) is 18.2 Å². The third-order valence-electron chi connectivity index (χ3n) is 3.64. The summed E-state index contributed by atoms with van der Waals surface area (Å²) in [5.74, 6) is -0.166. The van der Waals surface area contributed by atoms with Gasteiger partial charge in [-0.05, 0) is 32.4 Å². The Kier molecular flexibility index (Phi) is 2.78. The number of aromatic nitrogens is 2. The van der Waals surface area contributed by atoms with Gasteiger partial charge in [-0.25, -0.2) is 4.98 Å². The second kappa shape index (κ2) is 4.23. The maximum Gasteiger partial charge on any atom is 0.307 e. The fraction of sp³-hybridized carbons (Fsp3) is 0.429. The Morgan fingerprint density at radius 3 is 2.84 bits per heavy atom. The van der Waals surface area contributed by atoms with Crippen LogP contribution in [-0.2, 0) is 4.79 Å². The SMILES string of the molecule is CC(C)n1c(C2CC2C(=O)O)nc2cccc(Cl)c21. The Bertz CT molecular complexity index is 663. The summed E-state index contributed by atoms with van der Waals surface area (Å²) >= 11 is 6.27. The maximum absolute atomic E-state index is 11.0. The molecule has 3 rings (SSSR count). The first-order chi connectivity index (χ1) is 9.00. The zero-order valence-corrected chi connectivity index (χ0v) is 11.6. The summed E-state index contributed by atoms with van der Waals surface area (Å²) in [6.45, 7) is 4.12. The van der Waals surface area contributed by atoms with Gasteiger partial charge in [0.2, 0.25) is 0 Å². The fourth-order valence-corrected chi connectivity index (χ4v) is 2.92. The molecule has 1 fully saturated rings. The number of nitrogens with zero attached hydrogens (tertiary/aromatic N) is 2. The molecule has 100 valence electrons. The van der Waals surface area contributed by atoms with Crippen LogP contribution in [0, 0.1) is 5.92 Å². The van der Waals surface area contributed by atoms with Crippen molar-refractivity contribution in [3.8, 4) is 0 Å². The number of aliphatic carboxylic acids is 1. The van der Waals surface area contributed by atoms with Crippen LogP contribution in [0.3, 0.4) is 0 Å². The van der Waals surface area contributed by atoms with E-state index < -0.39 is 5.97 Å². The maximum atomic E-state index is 11.0. The lowest BCUT2D eigenvalue weighted by atomic mass is 10.2. The number of halogens is 1. The molecule has 5 heteroatoms. The summed E-state index contributed by atoms with van der Waals surface area (Å²) in [5, 5.41) is 9.75. The molecular formula is C14H15ClN2O2.